The maximum atomic E-state index is 15.2. The number of aromatic nitrogens is 2. The average molecular weight is 473 g/mol. The molecule has 34 heavy (non-hydrogen) atoms. The Balaban J connectivity index is 1.77. The van der Waals surface area contributed by atoms with Crippen LogP contribution in [0.1, 0.15) is 11.3 Å². The summed E-state index contributed by atoms with van der Waals surface area (Å²) < 4.78 is 37.9. The average Bonchev–Trinajstić information content (AvgIpc) is 3.10. The van der Waals surface area contributed by atoms with Gasteiger partial charge >= 0.3 is 12.1 Å². The van der Waals surface area contributed by atoms with Crippen LogP contribution in [0.25, 0.3) is 16.9 Å². The molecule has 3 heterocycles. The van der Waals surface area contributed by atoms with Gasteiger partial charge in [0, 0.05) is 38.9 Å². The standard InChI is InChI=1S/C23H25F2N5O4/c1-13-4-5-30-18(11-15-12-29(23(32)33)6-7-34-15)21(27-19(30)8-13)20-16(24)9-14(10-17(20)25)26-22(31)28(2)3/h4-5,8-10,15H,6-7,11-12H2,1-3H3,(H,26,31)(H,32,33). The minimum absolute atomic E-state index is 0.0219. The van der Waals surface area contributed by atoms with E-state index < -0.39 is 29.9 Å². The molecular formula is C23H25F2N5O4. The van der Waals surface area contributed by atoms with E-state index in [1.54, 1.807) is 16.7 Å². The summed E-state index contributed by atoms with van der Waals surface area (Å²) in [6, 6.07) is 5.21. The van der Waals surface area contributed by atoms with Crippen molar-refractivity contribution in [3.05, 3.63) is 53.4 Å². The zero-order valence-corrected chi connectivity index (χ0v) is 19.0. The number of carbonyl (C=O) groups excluding carboxylic acids is 1. The number of nitrogens with one attached hydrogen (secondary N) is 1. The van der Waals surface area contributed by atoms with Crippen LogP contribution in [0.2, 0.25) is 0 Å². The van der Waals surface area contributed by atoms with Gasteiger partial charge in [0.1, 0.15) is 17.3 Å². The molecule has 0 spiro atoms. The molecule has 1 aromatic carbocycles. The summed E-state index contributed by atoms with van der Waals surface area (Å²) in [5.41, 5.74) is 1.66. The quantitative estimate of drug-likeness (QED) is 0.603. The molecule has 0 aliphatic carbocycles. The van der Waals surface area contributed by atoms with Gasteiger partial charge in [-0.15, -0.1) is 0 Å². The van der Waals surface area contributed by atoms with Crippen molar-refractivity contribution in [1.82, 2.24) is 19.2 Å². The molecule has 4 rings (SSSR count). The van der Waals surface area contributed by atoms with Crippen LogP contribution >= 0.6 is 0 Å². The second kappa shape index (κ2) is 9.26. The molecule has 1 fully saturated rings. The first-order valence-corrected chi connectivity index (χ1v) is 10.7. The Morgan fingerprint density at radius 3 is 2.62 bits per heavy atom. The first-order valence-electron chi connectivity index (χ1n) is 10.7. The Labute approximate surface area is 194 Å². The molecule has 1 aliphatic rings. The molecular weight excluding hydrogens is 448 g/mol. The third-order valence-corrected chi connectivity index (χ3v) is 5.65. The summed E-state index contributed by atoms with van der Waals surface area (Å²) in [6.07, 6.45) is 0.404. The number of pyridine rings is 1. The number of halogens is 2. The summed E-state index contributed by atoms with van der Waals surface area (Å²) in [7, 11) is 3.03. The van der Waals surface area contributed by atoms with Crippen LogP contribution in [0.3, 0.4) is 0 Å². The minimum atomic E-state index is -1.05. The van der Waals surface area contributed by atoms with Gasteiger partial charge in [-0.05, 0) is 36.8 Å². The predicted octanol–water partition coefficient (Wildman–Crippen LogP) is 3.60. The van der Waals surface area contributed by atoms with Crippen molar-refractivity contribution in [1.29, 1.82) is 0 Å². The van der Waals surface area contributed by atoms with Gasteiger partial charge in [0.2, 0.25) is 0 Å². The van der Waals surface area contributed by atoms with Crippen molar-refractivity contribution in [2.24, 2.45) is 0 Å². The number of hydrogen-bond acceptors (Lipinski definition) is 4. The number of nitrogens with zero attached hydrogens (tertiary/aromatic N) is 4. The Bertz CT molecular complexity index is 1240. The molecule has 2 aromatic heterocycles. The van der Waals surface area contributed by atoms with Gasteiger partial charge in [0.15, 0.2) is 0 Å². The molecule has 3 amide bonds. The number of hydrogen-bond donors (Lipinski definition) is 2. The molecule has 1 atom stereocenters. The Hall–Kier alpha value is -3.73. The van der Waals surface area contributed by atoms with E-state index in [4.69, 9.17) is 4.74 Å². The molecule has 3 aromatic rings. The van der Waals surface area contributed by atoms with Crippen molar-refractivity contribution in [2.75, 3.05) is 39.1 Å². The summed E-state index contributed by atoms with van der Waals surface area (Å²) in [5.74, 6) is -1.76. The highest BCUT2D eigenvalue weighted by atomic mass is 19.1. The number of benzene rings is 1. The van der Waals surface area contributed by atoms with Crippen LogP contribution in [0.15, 0.2) is 30.5 Å². The number of rotatable bonds is 4. The van der Waals surface area contributed by atoms with Crippen molar-refractivity contribution in [3.63, 3.8) is 0 Å². The van der Waals surface area contributed by atoms with Crippen LogP contribution in [-0.4, -0.2) is 76.3 Å². The second-order valence-electron chi connectivity index (χ2n) is 8.40. The lowest BCUT2D eigenvalue weighted by atomic mass is 10.0. The molecule has 11 heteroatoms. The number of amides is 3. The molecule has 1 aliphatic heterocycles. The van der Waals surface area contributed by atoms with E-state index in [-0.39, 0.29) is 43.1 Å². The fraction of sp³-hybridized carbons (Fsp3) is 0.348. The lowest BCUT2D eigenvalue weighted by molar-refractivity contribution is -0.0214. The van der Waals surface area contributed by atoms with Gasteiger partial charge in [0.25, 0.3) is 0 Å². The Kier molecular flexibility index (Phi) is 6.38. The van der Waals surface area contributed by atoms with Crippen LogP contribution < -0.4 is 5.32 Å². The summed E-state index contributed by atoms with van der Waals surface area (Å²) in [6.45, 7) is 2.50. The highest BCUT2D eigenvalue weighted by Crippen LogP contribution is 2.33. The van der Waals surface area contributed by atoms with Crippen LogP contribution in [0.4, 0.5) is 24.1 Å². The van der Waals surface area contributed by atoms with Gasteiger partial charge in [-0.25, -0.2) is 23.4 Å². The second-order valence-corrected chi connectivity index (χ2v) is 8.40. The van der Waals surface area contributed by atoms with Crippen molar-refractivity contribution in [3.8, 4) is 11.3 Å². The Morgan fingerprint density at radius 2 is 1.97 bits per heavy atom. The lowest BCUT2D eigenvalue weighted by Gasteiger charge is -2.31. The molecule has 9 nitrogen and oxygen atoms in total. The van der Waals surface area contributed by atoms with Gasteiger partial charge in [-0.2, -0.15) is 0 Å². The van der Waals surface area contributed by atoms with Crippen molar-refractivity contribution < 1.29 is 28.2 Å². The van der Waals surface area contributed by atoms with E-state index >= 15 is 8.78 Å². The van der Waals surface area contributed by atoms with E-state index in [0.717, 1.165) is 17.7 Å². The van der Waals surface area contributed by atoms with Crippen LogP contribution in [0.5, 0.6) is 0 Å². The highest BCUT2D eigenvalue weighted by Gasteiger charge is 2.28. The predicted molar refractivity (Wildman–Crippen MR) is 121 cm³/mol. The summed E-state index contributed by atoms with van der Waals surface area (Å²) >= 11 is 0. The molecule has 2 N–H and O–H groups in total. The summed E-state index contributed by atoms with van der Waals surface area (Å²) in [5, 5.41) is 11.8. The van der Waals surface area contributed by atoms with Crippen LogP contribution in [0, 0.1) is 18.6 Å². The fourth-order valence-electron chi connectivity index (χ4n) is 3.93. The third kappa shape index (κ3) is 4.65. The normalized spacial score (nSPS) is 16.0. The summed E-state index contributed by atoms with van der Waals surface area (Å²) in [4.78, 5) is 30.3. The van der Waals surface area contributed by atoms with Crippen molar-refractivity contribution >= 4 is 23.5 Å². The molecule has 180 valence electrons. The number of urea groups is 1. The Morgan fingerprint density at radius 1 is 1.26 bits per heavy atom. The molecule has 0 saturated carbocycles. The zero-order chi connectivity index (χ0) is 24.6. The van der Waals surface area contributed by atoms with Gasteiger partial charge in [-0.3, -0.25) is 0 Å². The number of ether oxygens (including phenoxy) is 1. The van der Waals surface area contributed by atoms with Crippen LogP contribution in [-0.2, 0) is 11.2 Å². The van der Waals surface area contributed by atoms with E-state index in [1.807, 2.05) is 13.0 Å². The largest absolute Gasteiger partial charge is 0.465 e. The minimum Gasteiger partial charge on any atom is -0.465 e. The SMILES string of the molecule is Cc1ccn2c(CC3CN(C(=O)O)CCO3)c(-c3c(F)cc(NC(=O)N(C)C)cc3F)nc2c1. The molecule has 0 radical (unpaired) electrons. The van der Waals surface area contributed by atoms with E-state index in [2.05, 4.69) is 10.3 Å². The van der Waals surface area contributed by atoms with E-state index in [1.165, 1.54) is 23.9 Å². The third-order valence-electron chi connectivity index (χ3n) is 5.65. The first kappa shape index (κ1) is 23.4. The maximum Gasteiger partial charge on any atom is 0.407 e. The highest BCUT2D eigenvalue weighted by molar-refractivity contribution is 5.89. The number of anilines is 1. The van der Waals surface area contributed by atoms with Gasteiger partial charge < -0.3 is 29.4 Å². The number of aryl methyl sites for hydroxylation is 1. The lowest BCUT2D eigenvalue weighted by Crippen LogP contribution is -2.45. The number of carboxylic acid groups (broad SMARTS) is 1. The number of fused-ring (bicyclic) bond motifs is 1. The number of morpholine rings is 1. The van der Waals surface area contributed by atoms with Gasteiger partial charge in [-0.1, -0.05) is 0 Å². The fourth-order valence-corrected chi connectivity index (χ4v) is 3.93. The van der Waals surface area contributed by atoms with Crippen molar-refractivity contribution in [2.45, 2.75) is 19.4 Å². The van der Waals surface area contributed by atoms with E-state index in [9.17, 15) is 14.7 Å². The molecule has 1 unspecified atom stereocenters. The topological polar surface area (TPSA) is 99.4 Å². The van der Waals surface area contributed by atoms with Gasteiger partial charge in [0.05, 0.1) is 36.2 Å². The maximum absolute atomic E-state index is 15.2. The molecule has 1 saturated heterocycles. The smallest absolute Gasteiger partial charge is 0.407 e. The monoisotopic (exact) mass is 473 g/mol. The molecule has 0 bridgehead atoms. The number of imidazole rings is 1. The van der Waals surface area contributed by atoms with E-state index in [0.29, 0.717) is 11.3 Å². The number of carbonyl (C=O) groups is 2. The zero-order valence-electron chi connectivity index (χ0n) is 19.0. The first-order chi connectivity index (χ1) is 16.1.